The summed E-state index contributed by atoms with van der Waals surface area (Å²) in [5.41, 5.74) is -20.8. The number of phenolic OH excluding ortho intramolecular Hbond substituents is 24. The summed E-state index contributed by atoms with van der Waals surface area (Å²) in [7, 11) is 0. The number of carbonyl (C=O) groups is 11. The van der Waals surface area contributed by atoms with Crippen LogP contribution in [0.25, 0.3) is 22.3 Å². The molecule has 17 rings (SSSR count). The summed E-state index contributed by atoms with van der Waals surface area (Å²) in [5, 5.41) is 305. The molecule has 9 aromatic rings. The minimum absolute atomic E-state index is 0.0799. The lowest BCUT2D eigenvalue weighted by Gasteiger charge is -2.49. The second-order valence-corrected chi connectivity index (χ2v) is 30.1. The summed E-state index contributed by atoms with van der Waals surface area (Å²) in [4.78, 5) is 166. The van der Waals surface area contributed by atoms with Crippen molar-refractivity contribution in [2.45, 2.75) is 78.9 Å². The number of aromatic hydroxyl groups is 24. The quantitative estimate of drug-likeness (QED) is 0.0512. The SMILES string of the molecule is O=C1OC2C3COC(=O)c4cc5c(c(O)c4-c4c(cc(O)c(O)c4O)C(=O)OC2C(OC(=O)c2cc(O)c(O)c4c2C2C1=CC(=O)C(O)(O4)C2(O)O)C(OC(=O)c1cc(O)c(O)c(O)c1)O3)Oc1c(cc(O)c(O)c1O)C(=O)OC1OC2COC(=O)c3cc(O)c(O)c(O)c3-c3c(cc(O)c(O)c3O)C(=O)OC2C(OC(=O)c2cc(O)c(O)c(O)c2)C1OC(=O)c1cc(O)c(O)c(O)c1O5. The molecule has 700 valence electrons. The Morgan fingerprint density at radius 1 is 0.319 bits per heavy atom. The van der Waals surface area contributed by atoms with E-state index in [-0.39, 0.29) is 42.5 Å². The number of cyclic esters (lactones) is 2. The highest BCUT2D eigenvalue weighted by molar-refractivity contribution is 6.12. The van der Waals surface area contributed by atoms with Crippen LogP contribution in [-0.4, -0.2) is 290 Å². The van der Waals surface area contributed by atoms with Crippen LogP contribution in [0.3, 0.4) is 0 Å². The van der Waals surface area contributed by atoms with E-state index < -0.39 is 408 Å². The molecule has 12 unspecified atom stereocenters. The zero-order chi connectivity index (χ0) is 97.6. The first-order chi connectivity index (χ1) is 63.5. The number of fused-ring (bicyclic) bond motifs is 12. The number of phenols is 24. The number of carbonyl (C=O) groups excluding carboxylic acids is 11. The minimum Gasteiger partial charge on any atom is -0.504 e. The Bertz CT molecular complexity index is 6890. The van der Waals surface area contributed by atoms with Crippen molar-refractivity contribution >= 4 is 65.5 Å². The molecular formula is C82H54O53. The standard InChI is InChI=1S/C82H54O53/c83-25-1-15(2-26(84)45(25)94)69(108)129-65-62-36(13-121-71(110)17-5-29(87)47(96)53(102)39(17)40-18(73(112)127-62)6-30(88)48(97)54(40)103)125-80-67(65)132-77(116)23-9-32(90)50(99)57(106)59(23)123-35-11-21-42(56(105)61(35)126-60-24(78(117)134-80)10-33(91)51(100)58(60)107)41-19(7-31(89)49(98)55(41)104)74(113)130-66-63-37(14-122-72(21)111)124-79(133-70(109)16-3-27(85)46(95)28(86)4-16)68(66)131-75(114)20-8-34(92)52(101)64-43(20)44-22(76(115)128-63)12-38(93)82(120,135-64)81(44,118)119/h1-12,36-37,44,62-63,65-68,79-80,83-92,94-107,118-120H,13-14H2. The Kier molecular flexibility index (Phi) is 20.4. The monoisotopic (exact) mass is 1890 g/mol. The summed E-state index contributed by atoms with van der Waals surface area (Å²) in [5.74, 6) is -80.8. The molecule has 0 saturated carbocycles. The molecule has 0 amide bonds. The van der Waals surface area contributed by atoms with Gasteiger partial charge in [0, 0.05) is 46.0 Å². The van der Waals surface area contributed by atoms with Gasteiger partial charge in [0.25, 0.3) is 5.79 Å². The average molecular weight is 1890 g/mol. The van der Waals surface area contributed by atoms with Gasteiger partial charge in [-0.05, 0) is 54.6 Å². The van der Waals surface area contributed by atoms with Crippen LogP contribution >= 0.6 is 0 Å². The van der Waals surface area contributed by atoms with Gasteiger partial charge < -0.3 is 209 Å². The number of rotatable bonds is 4. The lowest BCUT2D eigenvalue weighted by atomic mass is 9.70. The highest BCUT2D eigenvalue weighted by Gasteiger charge is 2.71. The predicted molar refractivity (Wildman–Crippen MR) is 409 cm³/mol. The van der Waals surface area contributed by atoms with Gasteiger partial charge in [-0.15, -0.1) is 0 Å². The second-order valence-electron chi connectivity index (χ2n) is 30.1. The van der Waals surface area contributed by atoms with Crippen LogP contribution in [0.4, 0.5) is 0 Å². The first-order valence-corrected chi connectivity index (χ1v) is 37.7. The highest BCUT2D eigenvalue weighted by atomic mass is 16.8. The van der Waals surface area contributed by atoms with E-state index in [2.05, 4.69) is 0 Å². The Morgan fingerprint density at radius 3 is 1.19 bits per heavy atom. The van der Waals surface area contributed by atoms with Crippen LogP contribution in [0.2, 0.25) is 0 Å². The number of benzene rings is 9. The summed E-state index contributed by atoms with van der Waals surface area (Å²) < 4.78 is 86.9. The molecule has 7 heterocycles. The van der Waals surface area contributed by atoms with Gasteiger partial charge in [-0.25, -0.2) is 47.9 Å². The number of ketones is 1. The number of ether oxygens (including phenoxy) is 15. The number of hydrogen-bond donors (Lipinski definition) is 27. The molecule has 53 nitrogen and oxygen atoms in total. The van der Waals surface area contributed by atoms with Crippen molar-refractivity contribution in [2.24, 2.45) is 0 Å². The molecule has 12 atom stereocenters. The van der Waals surface area contributed by atoms with Crippen molar-refractivity contribution in [1.29, 1.82) is 0 Å². The summed E-state index contributed by atoms with van der Waals surface area (Å²) in [6.45, 7) is -3.37. The Hall–Kier alpha value is -18.5. The van der Waals surface area contributed by atoms with Crippen molar-refractivity contribution in [3.05, 3.63) is 134 Å². The topological polar surface area (TPSA) is 872 Å². The number of hydrogen-bond acceptors (Lipinski definition) is 53. The van der Waals surface area contributed by atoms with Gasteiger partial charge in [-0.1, -0.05) is 0 Å². The third-order valence-electron chi connectivity index (χ3n) is 22.2. The summed E-state index contributed by atoms with van der Waals surface area (Å²) >= 11 is 0. The first-order valence-electron chi connectivity index (χ1n) is 37.7. The molecule has 135 heavy (non-hydrogen) atoms. The maximum Gasteiger partial charge on any atom is 0.344 e. The second kappa shape index (κ2) is 31.1. The van der Waals surface area contributed by atoms with E-state index in [1.165, 1.54) is 0 Å². The molecule has 8 aliphatic rings. The molecule has 9 aromatic carbocycles. The molecule has 0 spiro atoms. The first kappa shape index (κ1) is 88.5. The molecule has 1 aliphatic carbocycles. The minimum atomic E-state index is -4.23. The molecule has 0 aromatic heterocycles. The van der Waals surface area contributed by atoms with E-state index in [4.69, 9.17) is 71.1 Å². The zero-order valence-corrected chi connectivity index (χ0v) is 65.9. The highest BCUT2D eigenvalue weighted by Crippen LogP contribution is 2.63. The van der Waals surface area contributed by atoms with Gasteiger partial charge in [0.15, 0.2) is 139 Å². The smallest absolute Gasteiger partial charge is 0.344 e. The van der Waals surface area contributed by atoms with E-state index in [1.807, 2.05) is 0 Å². The van der Waals surface area contributed by atoms with Crippen LogP contribution in [0, 0.1) is 0 Å². The fourth-order valence-corrected chi connectivity index (χ4v) is 15.7. The van der Waals surface area contributed by atoms with Crippen LogP contribution in [-0.2, 0) is 66.4 Å². The van der Waals surface area contributed by atoms with E-state index in [1.54, 1.807) is 0 Å². The fourth-order valence-electron chi connectivity index (χ4n) is 15.7. The summed E-state index contributed by atoms with van der Waals surface area (Å²) in [6, 6.07) is 2.77. The van der Waals surface area contributed by atoms with Gasteiger partial charge in [-0.2, -0.15) is 0 Å². The molecule has 7 aliphatic heterocycles. The van der Waals surface area contributed by atoms with Crippen molar-refractivity contribution in [2.75, 3.05) is 13.2 Å². The third-order valence-corrected chi connectivity index (χ3v) is 22.2. The van der Waals surface area contributed by atoms with Crippen LogP contribution < -0.4 is 14.2 Å². The van der Waals surface area contributed by atoms with E-state index in [0.717, 1.165) is 0 Å². The Morgan fingerprint density at radius 2 is 0.689 bits per heavy atom. The lowest BCUT2D eigenvalue weighted by molar-refractivity contribution is -0.339. The van der Waals surface area contributed by atoms with Crippen molar-refractivity contribution in [3.63, 3.8) is 0 Å². The largest absolute Gasteiger partial charge is 0.504 e. The van der Waals surface area contributed by atoms with Crippen molar-refractivity contribution in [3.8, 4) is 189 Å². The van der Waals surface area contributed by atoms with Gasteiger partial charge in [0.2, 0.25) is 82.3 Å². The molecule has 6 bridgehead atoms. The van der Waals surface area contributed by atoms with Crippen molar-refractivity contribution < 1.29 is 262 Å². The molecule has 53 heteroatoms. The molecule has 2 fully saturated rings. The van der Waals surface area contributed by atoms with Crippen molar-refractivity contribution in [1.82, 2.24) is 0 Å². The summed E-state index contributed by atoms with van der Waals surface area (Å²) in [6.07, 6.45) is -29.0. The molecular weight excluding hydrogens is 1830 g/mol. The molecule has 0 radical (unpaired) electrons. The predicted octanol–water partition coefficient (Wildman–Crippen LogP) is 1.37. The zero-order valence-electron chi connectivity index (χ0n) is 65.9. The average Bonchev–Trinajstić information content (AvgIpc) is 1.12. The fraction of sp³-hybridized carbons (Fsp3) is 0.183. The maximum absolute atomic E-state index is 15.9. The van der Waals surface area contributed by atoms with E-state index >= 15 is 33.6 Å². The number of esters is 10. The van der Waals surface area contributed by atoms with Gasteiger partial charge in [0.05, 0.1) is 50.4 Å². The van der Waals surface area contributed by atoms with E-state index in [0.29, 0.717) is 30.3 Å². The number of aliphatic hydroxyl groups is 3. The third kappa shape index (κ3) is 13.7. The van der Waals surface area contributed by atoms with Gasteiger partial charge in [0.1, 0.15) is 36.5 Å². The lowest BCUT2D eigenvalue weighted by Crippen LogP contribution is -2.70. The van der Waals surface area contributed by atoms with Crippen LogP contribution in [0.15, 0.2) is 78.4 Å². The molecule has 2 saturated heterocycles. The van der Waals surface area contributed by atoms with Crippen LogP contribution in [0.5, 0.6) is 167 Å². The maximum atomic E-state index is 15.9. The van der Waals surface area contributed by atoms with Gasteiger partial charge >= 0.3 is 65.5 Å². The van der Waals surface area contributed by atoms with Crippen LogP contribution in [0.1, 0.15) is 105 Å². The molecule has 27 N–H and O–H groups in total. The van der Waals surface area contributed by atoms with E-state index in [9.17, 15) is 157 Å². The van der Waals surface area contributed by atoms with Gasteiger partial charge in [-0.3, -0.25) is 4.79 Å². The Labute approximate surface area is 739 Å². The Balaban J connectivity index is 0.861. The normalized spacial score (nSPS) is 23.1.